The lowest BCUT2D eigenvalue weighted by Gasteiger charge is -2.30. The van der Waals surface area contributed by atoms with Gasteiger partial charge in [-0.15, -0.1) is 0 Å². The smallest absolute Gasteiger partial charge is 0.162 e. The highest BCUT2D eigenvalue weighted by Gasteiger charge is 2.47. The third-order valence-corrected chi connectivity index (χ3v) is 7.44. The molecule has 7 heteroatoms. The zero-order valence-corrected chi connectivity index (χ0v) is 25.3. The Morgan fingerprint density at radius 1 is 0.927 bits per heavy atom. The van der Waals surface area contributed by atoms with Crippen LogP contribution >= 0.6 is 0 Å². The second kappa shape index (κ2) is 17.6. The molecule has 1 heterocycles. The Hall–Kier alpha value is -2.36. The molecule has 0 radical (unpaired) electrons. The van der Waals surface area contributed by atoms with Crippen molar-refractivity contribution in [2.24, 2.45) is 17.8 Å². The fourth-order valence-corrected chi connectivity index (χ4v) is 5.08. The average molecular weight is 569 g/mol. The number of ether oxygens (including phenoxy) is 6. The van der Waals surface area contributed by atoms with Crippen LogP contribution in [-0.2, 0) is 41.6 Å². The van der Waals surface area contributed by atoms with Crippen LogP contribution in [0.3, 0.4) is 0 Å². The summed E-state index contributed by atoms with van der Waals surface area (Å²) in [6.45, 7) is 9.38. The molecule has 0 amide bonds. The van der Waals surface area contributed by atoms with Gasteiger partial charge < -0.3 is 33.5 Å². The van der Waals surface area contributed by atoms with Crippen molar-refractivity contribution in [1.29, 1.82) is 0 Å². The molecule has 2 aromatic rings. The van der Waals surface area contributed by atoms with E-state index < -0.39 is 18.5 Å². The molecule has 3 rings (SSSR count). The van der Waals surface area contributed by atoms with Gasteiger partial charge in [0.1, 0.15) is 19.0 Å². The van der Waals surface area contributed by atoms with Gasteiger partial charge in [0, 0.05) is 32.7 Å². The summed E-state index contributed by atoms with van der Waals surface area (Å²) in [5.41, 5.74) is 3.19. The first-order valence-corrected chi connectivity index (χ1v) is 14.4. The van der Waals surface area contributed by atoms with Crippen LogP contribution in [0.2, 0.25) is 0 Å². The van der Waals surface area contributed by atoms with E-state index in [1.807, 2.05) is 62.4 Å². The quantitative estimate of drug-likeness (QED) is 0.188. The Bertz CT molecular complexity index is 1040. The van der Waals surface area contributed by atoms with Crippen molar-refractivity contribution in [2.75, 3.05) is 27.6 Å². The molecular weight excluding hydrogens is 520 g/mol. The minimum atomic E-state index is -0.420. The van der Waals surface area contributed by atoms with Crippen molar-refractivity contribution in [2.45, 2.75) is 71.6 Å². The Balaban J connectivity index is 1.83. The minimum Gasteiger partial charge on any atom is -0.396 e. The Labute approximate surface area is 246 Å². The van der Waals surface area contributed by atoms with Crippen LogP contribution < -0.4 is 0 Å². The maximum Gasteiger partial charge on any atom is 0.162 e. The van der Waals surface area contributed by atoms with Crippen molar-refractivity contribution in [3.05, 3.63) is 95.6 Å². The maximum atomic E-state index is 9.55. The summed E-state index contributed by atoms with van der Waals surface area (Å²) >= 11 is 0. The van der Waals surface area contributed by atoms with Gasteiger partial charge in [0.2, 0.25) is 0 Å². The summed E-state index contributed by atoms with van der Waals surface area (Å²) in [4.78, 5) is 0. The van der Waals surface area contributed by atoms with Gasteiger partial charge in [0.15, 0.2) is 6.29 Å². The van der Waals surface area contributed by atoms with Gasteiger partial charge in [0.25, 0.3) is 0 Å². The maximum absolute atomic E-state index is 9.55. The van der Waals surface area contributed by atoms with E-state index in [4.69, 9.17) is 28.4 Å². The van der Waals surface area contributed by atoms with Gasteiger partial charge in [-0.2, -0.15) is 0 Å². The molecule has 7 nitrogen and oxygen atoms in total. The number of aliphatic hydroxyl groups excluding tert-OH is 1. The van der Waals surface area contributed by atoms with Crippen LogP contribution in [0.5, 0.6) is 0 Å². The van der Waals surface area contributed by atoms with Crippen LogP contribution in [0.1, 0.15) is 38.8 Å². The molecule has 0 unspecified atom stereocenters. The number of methoxy groups -OCH3 is 2. The lowest BCUT2D eigenvalue weighted by molar-refractivity contribution is -0.172. The standard InChI is InChI=1S/C34H48O7/c1-24(20-35)17-18-30(38-21-28-13-9-7-10-14-28)25(2)19-26(3)31(40-23-36-5)33-32(27(4)34(37-6)41-33)39-22-29-15-11-8-12-16-29/h7-19,24-25,27,30-35H,20-23H2,1-6H3/b18-17+,26-19+/t24-,25+,27-,30+,31+,32-,33+,34-/m0/s1. The van der Waals surface area contributed by atoms with Crippen molar-refractivity contribution in [3.63, 3.8) is 0 Å². The lowest BCUT2D eigenvalue weighted by Crippen LogP contribution is -2.41. The third-order valence-electron chi connectivity index (χ3n) is 7.44. The highest BCUT2D eigenvalue weighted by Crippen LogP contribution is 2.35. The second-order valence-electron chi connectivity index (χ2n) is 10.9. The largest absolute Gasteiger partial charge is 0.396 e. The summed E-state index contributed by atoms with van der Waals surface area (Å²) in [6, 6.07) is 20.2. The predicted octanol–water partition coefficient (Wildman–Crippen LogP) is 5.92. The van der Waals surface area contributed by atoms with Crippen molar-refractivity contribution < 1.29 is 33.5 Å². The van der Waals surface area contributed by atoms with E-state index in [2.05, 4.69) is 44.2 Å². The molecule has 1 fully saturated rings. The molecule has 1 saturated heterocycles. The average Bonchev–Trinajstić information content (AvgIpc) is 3.31. The minimum absolute atomic E-state index is 0.00237. The topological polar surface area (TPSA) is 75.6 Å². The summed E-state index contributed by atoms with van der Waals surface area (Å²) < 4.78 is 36.5. The van der Waals surface area contributed by atoms with Crippen molar-refractivity contribution in [1.82, 2.24) is 0 Å². The fraction of sp³-hybridized carbons (Fsp3) is 0.529. The van der Waals surface area contributed by atoms with Crippen molar-refractivity contribution >= 4 is 0 Å². The fourth-order valence-electron chi connectivity index (χ4n) is 5.08. The molecule has 0 bridgehead atoms. The molecule has 1 aliphatic rings. The van der Waals surface area contributed by atoms with E-state index in [1.54, 1.807) is 14.2 Å². The number of benzene rings is 2. The van der Waals surface area contributed by atoms with E-state index in [0.29, 0.717) is 13.2 Å². The summed E-state index contributed by atoms with van der Waals surface area (Å²) in [7, 11) is 3.26. The number of aliphatic hydroxyl groups is 1. The van der Waals surface area contributed by atoms with Crippen LogP contribution in [0.4, 0.5) is 0 Å². The van der Waals surface area contributed by atoms with E-state index in [9.17, 15) is 5.11 Å². The Morgan fingerprint density at radius 3 is 2.15 bits per heavy atom. The normalized spacial score (nSPS) is 24.4. The Kier molecular flexibility index (Phi) is 14.2. The SMILES string of the molecule is COCO[C@H](/C(C)=C/[C@@H](C)[C@@H](/C=C/[C@H](C)CO)OCc1ccccc1)[C@H]1O[C@H](OC)[C@@H](C)[C@@H]1OCc1ccccc1. The Morgan fingerprint density at radius 2 is 1.56 bits per heavy atom. The van der Waals surface area contributed by atoms with Gasteiger partial charge in [-0.05, 0) is 29.5 Å². The highest BCUT2D eigenvalue weighted by atomic mass is 16.7. The first-order valence-electron chi connectivity index (χ1n) is 14.4. The number of hydrogen-bond acceptors (Lipinski definition) is 7. The molecular formula is C34H48O7. The van der Waals surface area contributed by atoms with Gasteiger partial charge in [-0.3, -0.25) is 0 Å². The van der Waals surface area contributed by atoms with Crippen LogP contribution in [0.15, 0.2) is 84.5 Å². The zero-order chi connectivity index (χ0) is 29.6. The molecule has 226 valence electrons. The van der Waals surface area contributed by atoms with E-state index in [1.165, 1.54) is 0 Å². The predicted molar refractivity (Wildman–Crippen MR) is 160 cm³/mol. The monoisotopic (exact) mass is 568 g/mol. The molecule has 0 saturated carbocycles. The van der Waals surface area contributed by atoms with Crippen LogP contribution in [-0.4, -0.2) is 63.4 Å². The zero-order valence-electron chi connectivity index (χ0n) is 25.3. The van der Waals surface area contributed by atoms with E-state index in [0.717, 1.165) is 16.7 Å². The summed E-state index contributed by atoms with van der Waals surface area (Å²) in [5.74, 6) is 0.0439. The first kappa shape index (κ1) is 33.1. The highest BCUT2D eigenvalue weighted by molar-refractivity contribution is 5.17. The molecule has 0 aliphatic carbocycles. The molecule has 41 heavy (non-hydrogen) atoms. The first-order chi connectivity index (χ1) is 19.9. The van der Waals surface area contributed by atoms with E-state index in [-0.39, 0.29) is 43.4 Å². The lowest BCUT2D eigenvalue weighted by atomic mass is 9.92. The molecule has 2 aromatic carbocycles. The molecule has 1 aliphatic heterocycles. The van der Waals surface area contributed by atoms with Crippen LogP contribution in [0.25, 0.3) is 0 Å². The van der Waals surface area contributed by atoms with Gasteiger partial charge in [0.05, 0.1) is 25.4 Å². The third kappa shape index (κ3) is 10.1. The number of hydrogen-bond donors (Lipinski definition) is 1. The molecule has 0 aromatic heterocycles. The van der Waals surface area contributed by atoms with Crippen LogP contribution in [0, 0.1) is 17.8 Å². The van der Waals surface area contributed by atoms with Crippen molar-refractivity contribution in [3.8, 4) is 0 Å². The molecule has 1 N–H and O–H groups in total. The van der Waals surface area contributed by atoms with Gasteiger partial charge >= 0.3 is 0 Å². The number of rotatable bonds is 17. The van der Waals surface area contributed by atoms with E-state index >= 15 is 0 Å². The second-order valence-corrected chi connectivity index (χ2v) is 10.9. The molecule has 8 atom stereocenters. The summed E-state index contributed by atoms with van der Waals surface area (Å²) in [6.07, 6.45) is 4.54. The summed E-state index contributed by atoms with van der Waals surface area (Å²) in [5, 5.41) is 9.55. The molecule has 0 spiro atoms. The van der Waals surface area contributed by atoms with Gasteiger partial charge in [-0.25, -0.2) is 0 Å². The van der Waals surface area contributed by atoms with Gasteiger partial charge in [-0.1, -0.05) is 99.7 Å².